The summed E-state index contributed by atoms with van der Waals surface area (Å²) in [6.45, 7) is 0. The van der Waals surface area contributed by atoms with Gasteiger partial charge in [0.1, 0.15) is 0 Å². The standard InChI is InChI=1S/C8H8N4S/c1-2-4-7(5-3-1)6-13-8-9-11-12-10-8/h1-5,8H,6H2. The molecule has 1 aliphatic rings. The minimum Gasteiger partial charge on any atom is -0.127 e. The van der Waals surface area contributed by atoms with Crippen LogP contribution in [0.25, 0.3) is 0 Å². The van der Waals surface area contributed by atoms with Gasteiger partial charge in [-0.2, -0.15) is 0 Å². The average molecular weight is 192 g/mol. The largest absolute Gasteiger partial charge is 0.231 e. The van der Waals surface area contributed by atoms with Gasteiger partial charge in [0, 0.05) is 5.75 Å². The van der Waals surface area contributed by atoms with Crippen molar-refractivity contribution in [3.8, 4) is 0 Å². The second-order valence-electron chi connectivity index (χ2n) is 2.53. The van der Waals surface area contributed by atoms with Crippen LogP contribution in [0.3, 0.4) is 0 Å². The van der Waals surface area contributed by atoms with Crippen molar-refractivity contribution >= 4 is 11.8 Å². The lowest BCUT2D eigenvalue weighted by molar-refractivity contribution is 0.966. The molecule has 1 aromatic rings. The predicted octanol–water partition coefficient (Wildman–Crippen LogP) is 3.04. The highest BCUT2D eigenvalue weighted by molar-refractivity contribution is 7.99. The van der Waals surface area contributed by atoms with Crippen molar-refractivity contribution in [1.82, 2.24) is 0 Å². The summed E-state index contributed by atoms with van der Waals surface area (Å²) in [7, 11) is 0. The van der Waals surface area contributed by atoms with E-state index in [1.807, 2.05) is 18.2 Å². The Kier molecular flexibility index (Phi) is 2.66. The van der Waals surface area contributed by atoms with Crippen LogP contribution in [0.5, 0.6) is 0 Å². The van der Waals surface area contributed by atoms with Crippen LogP contribution in [0.2, 0.25) is 0 Å². The quantitative estimate of drug-likeness (QED) is 0.726. The van der Waals surface area contributed by atoms with Crippen LogP contribution in [-0.2, 0) is 5.75 Å². The second kappa shape index (κ2) is 4.13. The second-order valence-corrected chi connectivity index (χ2v) is 3.58. The summed E-state index contributed by atoms with van der Waals surface area (Å²) in [5.74, 6) is 0.892. The Balaban J connectivity index is 1.86. The maximum absolute atomic E-state index is 3.81. The molecule has 5 heteroatoms. The van der Waals surface area contributed by atoms with Gasteiger partial charge in [0.05, 0.1) is 0 Å². The molecule has 1 aliphatic heterocycles. The van der Waals surface area contributed by atoms with Crippen LogP contribution in [-0.4, -0.2) is 5.50 Å². The van der Waals surface area contributed by atoms with Gasteiger partial charge < -0.3 is 0 Å². The van der Waals surface area contributed by atoms with Crippen molar-refractivity contribution in [1.29, 1.82) is 0 Å². The monoisotopic (exact) mass is 192 g/mol. The molecule has 0 bridgehead atoms. The van der Waals surface area contributed by atoms with Gasteiger partial charge in [-0.25, -0.2) is 0 Å². The molecule has 13 heavy (non-hydrogen) atoms. The fraction of sp³-hybridized carbons (Fsp3) is 0.250. The van der Waals surface area contributed by atoms with E-state index in [2.05, 4.69) is 32.8 Å². The van der Waals surface area contributed by atoms with E-state index in [-0.39, 0.29) is 5.50 Å². The zero-order valence-electron chi connectivity index (χ0n) is 6.87. The predicted molar refractivity (Wildman–Crippen MR) is 51.2 cm³/mol. The number of benzene rings is 1. The minimum absolute atomic E-state index is 0.139. The first kappa shape index (κ1) is 8.37. The van der Waals surface area contributed by atoms with E-state index < -0.39 is 0 Å². The van der Waals surface area contributed by atoms with Crippen molar-refractivity contribution in [3.63, 3.8) is 0 Å². The molecule has 66 valence electrons. The summed E-state index contributed by atoms with van der Waals surface area (Å²) < 4.78 is 0. The smallest absolute Gasteiger partial charge is 0.127 e. The Morgan fingerprint density at radius 3 is 2.46 bits per heavy atom. The molecule has 0 radical (unpaired) electrons. The Labute approximate surface area is 80.1 Å². The fourth-order valence-corrected chi connectivity index (χ4v) is 1.72. The van der Waals surface area contributed by atoms with Gasteiger partial charge >= 0.3 is 0 Å². The van der Waals surface area contributed by atoms with Crippen LogP contribution < -0.4 is 0 Å². The van der Waals surface area contributed by atoms with E-state index in [1.165, 1.54) is 5.56 Å². The van der Waals surface area contributed by atoms with Crippen LogP contribution >= 0.6 is 11.8 Å². The SMILES string of the molecule is c1ccc(CSC2N=NN=N2)cc1. The molecule has 1 heterocycles. The van der Waals surface area contributed by atoms with E-state index in [4.69, 9.17) is 0 Å². The molecule has 0 saturated heterocycles. The highest BCUT2D eigenvalue weighted by Gasteiger charge is 2.08. The molecule has 0 unspecified atom stereocenters. The molecule has 0 amide bonds. The van der Waals surface area contributed by atoms with E-state index in [9.17, 15) is 0 Å². The fourth-order valence-electron chi connectivity index (χ4n) is 0.969. The zero-order valence-corrected chi connectivity index (χ0v) is 7.68. The van der Waals surface area contributed by atoms with Crippen molar-refractivity contribution in [3.05, 3.63) is 35.9 Å². The van der Waals surface area contributed by atoms with Crippen LogP contribution in [0, 0.1) is 0 Å². The molecule has 0 aromatic heterocycles. The van der Waals surface area contributed by atoms with Crippen LogP contribution in [0.4, 0.5) is 0 Å². The topological polar surface area (TPSA) is 49.4 Å². The molecule has 4 nitrogen and oxygen atoms in total. The van der Waals surface area contributed by atoms with Gasteiger partial charge in [-0.3, -0.25) is 0 Å². The summed E-state index contributed by atoms with van der Waals surface area (Å²) in [4.78, 5) is 0. The maximum Gasteiger partial charge on any atom is 0.231 e. The molecule has 0 saturated carbocycles. The van der Waals surface area contributed by atoms with Gasteiger partial charge in [0.15, 0.2) is 0 Å². The molecule has 0 spiro atoms. The van der Waals surface area contributed by atoms with Crippen molar-refractivity contribution < 1.29 is 0 Å². The Morgan fingerprint density at radius 1 is 1.08 bits per heavy atom. The highest BCUT2D eigenvalue weighted by atomic mass is 32.2. The molecule has 0 aliphatic carbocycles. The maximum atomic E-state index is 3.81. The minimum atomic E-state index is -0.139. The third kappa shape index (κ3) is 2.35. The van der Waals surface area contributed by atoms with Gasteiger partial charge in [0.2, 0.25) is 5.50 Å². The van der Waals surface area contributed by atoms with Crippen LogP contribution in [0.15, 0.2) is 51.0 Å². The first-order valence-corrected chi connectivity index (χ1v) is 4.95. The van der Waals surface area contributed by atoms with E-state index in [1.54, 1.807) is 11.8 Å². The van der Waals surface area contributed by atoms with E-state index in [0.717, 1.165) is 5.75 Å². The number of thioether (sulfide) groups is 1. The third-order valence-corrected chi connectivity index (χ3v) is 2.57. The highest BCUT2D eigenvalue weighted by Crippen LogP contribution is 2.22. The Bertz CT molecular complexity index is 310. The first-order valence-electron chi connectivity index (χ1n) is 3.91. The summed E-state index contributed by atoms with van der Waals surface area (Å²) in [6, 6.07) is 10.2. The summed E-state index contributed by atoms with van der Waals surface area (Å²) in [5.41, 5.74) is 1.13. The number of nitrogens with zero attached hydrogens (tertiary/aromatic N) is 4. The zero-order chi connectivity index (χ0) is 8.93. The normalized spacial score (nSPS) is 15.4. The van der Waals surface area contributed by atoms with Gasteiger partial charge in [-0.1, -0.05) is 30.3 Å². The lowest BCUT2D eigenvalue weighted by atomic mass is 10.2. The molecule has 0 fully saturated rings. The Hall–Kier alpha value is -1.23. The molecule has 2 rings (SSSR count). The number of hydrogen-bond acceptors (Lipinski definition) is 5. The molecular weight excluding hydrogens is 184 g/mol. The summed E-state index contributed by atoms with van der Waals surface area (Å²) in [6.07, 6.45) is 0. The molecule has 1 aromatic carbocycles. The number of hydrogen-bond donors (Lipinski definition) is 0. The Morgan fingerprint density at radius 2 is 1.77 bits per heavy atom. The lowest BCUT2D eigenvalue weighted by Crippen LogP contribution is -1.89. The molecule has 0 N–H and O–H groups in total. The molecule has 0 atom stereocenters. The van der Waals surface area contributed by atoms with Gasteiger partial charge in [0.25, 0.3) is 0 Å². The third-order valence-electron chi connectivity index (χ3n) is 1.58. The van der Waals surface area contributed by atoms with Crippen molar-refractivity contribution in [2.75, 3.05) is 0 Å². The van der Waals surface area contributed by atoms with Gasteiger partial charge in [-0.05, 0) is 16.0 Å². The average Bonchev–Trinajstić information content (AvgIpc) is 2.69. The van der Waals surface area contributed by atoms with E-state index >= 15 is 0 Å². The van der Waals surface area contributed by atoms with Crippen molar-refractivity contribution in [2.24, 2.45) is 20.7 Å². The molecular formula is C8H8N4S. The summed E-state index contributed by atoms with van der Waals surface area (Å²) >= 11 is 1.62. The number of rotatable bonds is 3. The van der Waals surface area contributed by atoms with Gasteiger partial charge in [-0.15, -0.1) is 22.0 Å². The van der Waals surface area contributed by atoms with Crippen LogP contribution in [0.1, 0.15) is 5.56 Å². The van der Waals surface area contributed by atoms with E-state index in [0.29, 0.717) is 0 Å². The lowest BCUT2D eigenvalue weighted by Gasteiger charge is -2.00. The first-order chi connectivity index (χ1) is 6.45. The van der Waals surface area contributed by atoms with Crippen molar-refractivity contribution in [2.45, 2.75) is 11.3 Å². The summed E-state index contributed by atoms with van der Waals surface area (Å²) in [5, 5.41) is 14.5.